The number of piperidine rings is 1. The molecule has 2 heterocycles. The van der Waals surface area contributed by atoms with Gasteiger partial charge in [0.25, 0.3) is 11.8 Å². The molecule has 1 fully saturated rings. The molecular weight excluding hydrogens is 514 g/mol. The van der Waals surface area contributed by atoms with Crippen molar-refractivity contribution in [2.45, 2.75) is 63.6 Å². The van der Waals surface area contributed by atoms with E-state index in [-0.39, 0.29) is 42.5 Å². The van der Waals surface area contributed by atoms with Crippen molar-refractivity contribution in [3.63, 3.8) is 0 Å². The molecule has 0 radical (unpaired) electrons. The standard InChI is InChI=1S/C27H28F2N4O6/c28-27(29,19-9-6-16(7-10-19)4-2-1-3-5-23(35)32-39)31-24(36)17-8-11-20-18(14-17)15-33(26(20)38)21-12-13-22(34)30-25(21)37/h6-11,14,21,39H,1-5,12-13,15H2,(H,31,36)(H,32,35)(H,30,34,37). The maximum absolute atomic E-state index is 14.9. The van der Waals surface area contributed by atoms with Gasteiger partial charge in [0, 0.05) is 36.1 Å². The summed E-state index contributed by atoms with van der Waals surface area (Å²) in [6, 6.07) is 5.15. The minimum atomic E-state index is -3.65. The first-order valence-electron chi connectivity index (χ1n) is 12.6. The van der Waals surface area contributed by atoms with E-state index in [4.69, 9.17) is 5.21 Å². The number of hydrogen-bond donors (Lipinski definition) is 4. The number of fused-ring (bicyclic) bond motifs is 1. The lowest BCUT2D eigenvalue weighted by Gasteiger charge is -2.29. The predicted octanol–water partition coefficient (Wildman–Crippen LogP) is 2.54. The van der Waals surface area contributed by atoms with E-state index in [9.17, 15) is 32.8 Å². The summed E-state index contributed by atoms with van der Waals surface area (Å²) in [6.45, 7) is 0.0219. The summed E-state index contributed by atoms with van der Waals surface area (Å²) in [5.74, 6) is -2.87. The van der Waals surface area contributed by atoms with Gasteiger partial charge in [-0.3, -0.25) is 39.8 Å². The molecule has 5 amide bonds. The van der Waals surface area contributed by atoms with Gasteiger partial charge in [0.05, 0.1) is 0 Å². The number of amides is 5. The highest BCUT2D eigenvalue weighted by Gasteiger charge is 2.40. The summed E-state index contributed by atoms with van der Waals surface area (Å²) in [4.78, 5) is 61.4. The molecule has 39 heavy (non-hydrogen) atoms. The molecule has 1 saturated heterocycles. The molecule has 2 aromatic rings. The molecule has 4 rings (SSSR count). The van der Waals surface area contributed by atoms with Crippen molar-refractivity contribution in [1.29, 1.82) is 0 Å². The Kier molecular flexibility index (Phi) is 8.34. The normalized spacial score (nSPS) is 17.1. The molecule has 0 bridgehead atoms. The number of nitrogens with zero attached hydrogens (tertiary/aromatic N) is 1. The van der Waals surface area contributed by atoms with Crippen LogP contribution in [0, 0.1) is 0 Å². The van der Waals surface area contributed by atoms with E-state index in [0.717, 1.165) is 18.4 Å². The zero-order valence-electron chi connectivity index (χ0n) is 21.0. The Bertz CT molecular complexity index is 1300. The Hall–Kier alpha value is -4.19. The summed E-state index contributed by atoms with van der Waals surface area (Å²) < 4.78 is 29.8. The maximum Gasteiger partial charge on any atom is 0.352 e. The third kappa shape index (κ3) is 6.45. The fourth-order valence-electron chi connectivity index (χ4n) is 4.73. The Morgan fingerprint density at radius 2 is 1.79 bits per heavy atom. The van der Waals surface area contributed by atoms with Crippen molar-refractivity contribution in [3.8, 4) is 0 Å². The molecule has 1 atom stereocenters. The van der Waals surface area contributed by atoms with E-state index in [1.54, 1.807) is 22.9 Å². The average molecular weight is 543 g/mol. The second-order valence-electron chi connectivity index (χ2n) is 9.59. The molecule has 0 aliphatic carbocycles. The van der Waals surface area contributed by atoms with Crippen LogP contribution < -0.4 is 16.1 Å². The largest absolute Gasteiger partial charge is 0.352 e. The molecule has 0 saturated carbocycles. The number of rotatable bonds is 10. The Morgan fingerprint density at radius 1 is 1.05 bits per heavy atom. The Balaban J connectivity index is 1.35. The summed E-state index contributed by atoms with van der Waals surface area (Å²) >= 11 is 0. The maximum atomic E-state index is 14.9. The number of halogens is 2. The number of unbranched alkanes of at least 4 members (excludes halogenated alkanes) is 2. The van der Waals surface area contributed by atoms with Gasteiger partial charge in [-0.2, -0.15) is 8.78 Å². The van der Waals surface area contributed by atoms with E-state index in [0.29, 0.717) is 18.4 Å². The SMILES string of the molecule is O=C(CCCCCc1ccc(C(F)(F)NC(=O)c2ccc3c(c2)CN(C2CCC(=O)NC2=O)C3=O)cc1)NO. The molecule has 0 aromatic heterocycles. The van der Waals surface area contributed by atoms with Crippen molar-refractivity contribution >= 4 is 29.5 Å². The Morgan fingerprint density at radius 3 is 2.49 bits per heavy atom. The van der Waals surface area contributed by atoms with E-state index in [1.807, 2.05) is 0 Å². The lowest BCUT2D eigenvalue weighted by molar-refractivity contribution is -0.137. The van der Waals surface area contributed by atoms with Gasteiger partial charge in [-0.15, -0.1) is 0 Å². The van der Waals surface area contributed by atoms with Gasteiger partial charge in [0.2, 0.25) is 17.7 Å². The van der Waals surface area contributed by atoms with Crippen molar-refractivity contribution in [1.82, 2.24) is 21.0 Å². The molecule has 0 spiro atoms. The van der Waals surface area contributed by atoms with Crippen LogP contribution in [0.2, 0.25) is 0 Å². The number of imide groups is 1. The van der Waals surface area contributed by atoms with Gasteiger partial charge in [-0.25, -0.2) is 5.48 Å². The van der Waals surface area contributed by atoms with Crippen LogP contribution in [0.3, 0.4) is 0 Å². The fourth-order valence-corrected chi connectivity index (χ4v) is 4.73. The highest BCUT2D eigenvalue weighted by Crippen LogP contribution is 2.30. The van der Waals surface area contributed by atoms with Gasteiger partial charge in [-0.1, -0.05) is 30.7 Å². The second kappa shape index (κ2) is 11.7. The molecule has 4 N–H and O–H groups in total. The first-order chi connectivity index (χ1) is 18.6. The van der Waals surface area contributed by atoms with Crippen LogP contribution in [-0.4, -0.2) is 45.7 Å². The summed E-state index contributed by atoms with van der Waals surface area (Å²) in [7, 11) is 0. The molecule has 2 aliphatic heterocycles. The average Bonchev–Trinajstić information content (AvgIpc) is 3.23. The van der Waals surface area contributed by atoms with Crippen LogP contribution in [0.5, 0.6) is 0 Å². The van der Waals surface area contributed by atoms with Crippen molar-refractivity contribution in [3.05, 3.63) is 70.3 Å². The van der Waals surface area contributed by atoms with Gasteiger partial charge >= 0.3 is 6.05 Å². The molecule has 2 aliphatic rings. The quantitative estimate of drug-likeness (QED) is 0.119. The molecule has 12 heteroatoms. The fraction of sp³-hybridized carbons (Fsp3) is 0.370. The smallest absolute Gasteiger partial charge is 0.322 e. The molecular formula is C27H28F2N4O6. The number of alkyl halides is 2. The monoisotopic (exact) mass is 542 g/mol. The van der Waals surface area contributed by atoms with Gasteiger partial charge in [-0.05, 0) is 55.0 Å². The highest BCUT2D eigenvalue weighted by atomic mass is 19.3. The van der Waals surface area contributed by atoms with Crippen LogP contribution in [0.1, 0.15) is 75.9 Å². The van der Waals surface area contributed by atoms with Crippen molar-refractivity contribution in [2.75, 3.05) is 0 Å². The van der Waals surface area contributed by atoms with Gasteiger partial charge in [0.1, 0.15) is 6.04 Å². The first kappa shape index (κ1) is 27.8. The molecule has 1 unspecified atom stereocenters. The van der Waals surface area contributed by atoms with Crippen LogP contribution in [0.25, 0.3) is 0 Å². The Labute approximate surface area is 222 Å². The number of aryl methyl sites for hydroxylation is 1. The van der Waals surface area contributed by atoms with E-state index in [2.05, 4.69) is 5.32 Å². The summed E-state index contributed by atoms with van der Waals surface area (Å²) in [6.07, 6.45) is 3.20. The molecule has 10 nitrogen and oxygen atoms in total. The minimum Gasteiger partial charge on any atom is -0.322 e. The lowest BCUT2D eigenvalue weighted by Crippen LogP contribution is -2.52. The van der Waals surface area contributed by atoms with E-state index < -0.39 is 41.6 Å². The number of hydroxylamine groups is 1. The highest BCUT2D eigenvalue weighted by molar-refractivity contribution is 6.06. The van der Waals surface area contributed by atoms with E-state index in [1.165, 1.54) is 35.2 Å². The van der Waals surface area contributed by atoms with E-state index >= 15 is 0 Å². The lowest BCUT2D eigenvalue weighted by atomic mass is 10.0. The van der Waals surface area contributed by atoms with Gasteiger partial charge < -0.3 is 4.90 Å². The predicted molar refractivity (Wildman–Crippen MR) is 132 cm³/mol. The number of benzene rings is 2. The summed E-state index contributed by atoms with van der Waals surface area (Å²) in [5.41, 5.74) is 2.66. The van der Waals surface area contributed by atoms with Gasteiger partial charge in [0.15, 0.2) is 0 Å². The number of hydrogen-bond acceptors (Lipinski definition) is 6. The third-order valence-electron chi connectivity index (χ3n) is 6.87. The summed E-state index contributed by atoms with van der Waals surface area (Å²) in [5, 5.41) is 12.4. The number of carbonyl (C=O) groups is 5. The molecule has 2 aromatic carbocycles. The van der Waals surface area contributed by atoms with Crippen LogP contribution in [-0.2, 0) is 33.4 Å². The number of carbonyl (C=O) groups excluding carboxylic acids is 5. The minimum absolute atomic E-state index is 0.0219. The first-order valence-corrected chi connectivity index (χ1v) is 12.6. The van der Waals surface area contributed by atoms with Crippen molar-refractivity contribution in [2.24, 2.45) is 0 Å². The topological polar surface area (TPSA) is 145 Å². The van der Waals surface area contributed by atoms with Crippen molar-refractivity contribution < 1.29 is 38.0 Å². The second-order valence-corrected chi connectivity index (χ2v) is 9.59. The van der Waals surface area contributed by atoms with Crippen LogP contribution in [0.4, 0.5) is 8.78 Å². The third-order valence-corrected chi connectivity index (χ3v) is 6.87. The number of nitrogens with one attached hydrogen (secondary N) is 3. The zero-order valence-corrected chi connectivity index (χ0v) is 21.0. The van der Waals surface area contributed by atoms with Crippen LogP contribution >= 0.6 is 0 Å². The van der Waals surface area contributed by atoms with Crippen LogP contribution in [0.15, 0.2) is 42.5 Å². The zero-order chi connectivity index (χ0) is 28.2. The molecule has 206 valence electrons.